The van der Waals surface area contributed by atoms with Crippen molar-refractivity contribution in [3.63, 3.8) is 0 Å². The number of rotatable bonds is 17. The maximum Gasteiger partial charge on any atom is 0.407 e. The monoisotopic (exact) mass is 1170 g/mol. The molecule has 2 aliphatic carbocycles. The van der Waals surface area contributed by atoms with Gasteiger partial charge in [-0.1, -0.05) is 164 Å². The van der Waals surface area contributed by atoms with Crippen molar-refractivity contribution in [3.8, 4) is 22.3 Å². The highest BCUT2D eigenvalue weighted by Crippen LogP contribution is 2.46. The number of sulfone groups is 1. The van der Waals surface area contributed by atoms with E-state index >= 15 is 0 Å². The lowest BCUT2D eigenvalue weighted by Gasteiger charge is -2.18. The third-order valence-corrected chi connectivity index (χ3v) is 16.0. The lowest BCUT2D eigenvalue weighted by Crippen LogP contribution is -2.43. The Hall–Kier alpha value is -9.73. The normalized spacial score (nSPS) is 13.3. The molecular weight excluding hydrogens is 1110 g/mol. The number of para-hydroxylation sites is 2. The number of nitrogens with zero attached hydrogens (tertiary/aromatic N) is 1. The second kappa shape index (κ2) is 26.0. The van der Waals surface area contributed by atoms with Gasteiger partial charge < -0.3 is 46.0 Å². The SMILES string of the molecule is CS(=O)(=O)NC(N)=NCCc1ccccc1.CS(=O)(=O)c1[nH]c2ccccc2c1CC(NC(=O)OCC1c2ccccc2-c2ccccc21)C(=O)O.O=C(NC(Cc1c[nH]c2ccccc12)C(=O)O)OCC1c2ccccc2-c2ccccc21. The summed E-state index contributed by atoms with van der Waals surface area (Å²) in [5.74, 6) is -2.72. The minimum absolute atomic E-state index is 0.0356. The fraction of sp³-hybridized carbons (Fsp3) is 0.190. The first-order chi connectivity index (χ1) is 40.3. The van der Waals surface area contributed by atoms with E-state index in [0.717, 1.165) is 85.5 Å². The van der Waals surface area contributed by atoms with Crippen LogP contribution in [0.25, 0.3) is 44.1 Å². The topological polar surface area (TPSA) is 302 Å². The number of sulfonamides is 1. The minimum Gasteiger partial charge on any atom is -0.480 e. The van der Waals surface area contributed by atoms with Crippen LogP contribution in [-0.4, -0.2) is 111 Å². The van der Waals surface area contributed by atoms with Crippen LogP contribution >= 0.6 is 0 Å². The molecular formula is C63H61N7O12S2. The Balaban J connectivity index is 0.000000162. The first-order valence-electron chi connectivity index (χ1n) is 26.7. The van der Waals surface area contributed by atoms with Gasteiger partial charge in [0, 0.05) is 65.5 Å². The minimum atomic E-state index is -3.67. The Kier molecular flexibility index (Phi) is 18.2. The predicted octanol–water partition coefficient (Wildman–Crippen LogP) is 8.90. The Bertz CT molecular complexity index is 4060. The number of aliphatic carboxylic acids is 2. The van der Waals surface area contributed by atoms with Crippen LogP contribution in [0.5, 0.6) is 0 Å². The van der Waals surface area contributed by atoms with Crippen LogP contribution in [0.3, 0.4) is 0 Å². The number of fused-ring (bicyclic) bond motifs is 8. The average molecular weight is 1170 g/mol. The fourth-order valence-corrected chi connectivity index (χ4v) is 11.9. The summed E-state index contributed by atoms with van der Waals surface area (Å²) in [7, 11) is -6.99. The molecule has 21 heteroatoms. The van der Waals surface area contributed by atoms with Gasteiger partial charge in [-0.05, 0) is 79.8 Å². The van der Waals surface area contributed by atoms with Gasteiger partial charge in [0.05, 0.1) is 6.26 Å². The van der Waals surface area contributed by atoms with Crippen molar-refractivity contribution < 1.29 is 55.7 Å². The van der Waals surface area contributed by atoms with Gasteiger partial charge in [-0.3, -0.25) is 9.71 Å². The van der Waals surface area contributed by atoms with Crippen molar-refractivity contribution in [3.05, 3.63) is 221 Å². The van der Waals surface area contributed by atoms with E-state index < -0.39 is 56.1 Å². The summed E-state index contributed by atoms with van der Waals surface area (Å²) in [6.07, 6.45) is 2.90. The number of aliphatic imine (C=N–C) groups is 1. The van der Waals surface area contributed by atoms with Gasteiger partial charge in [0.2, 0.25) is 16.0 Å². The van der Waals surface area contributed by atoms with Crippen molar-refractivity contribution in [2.75, 3.05) is 32.3 Å². The molecule has 0 fully saturated rings. The van der Waals surface area contributed by atoms with Crippen molar-refractivity contribution in [1.29, 1.82) is 0 Å². The van der Waals surface area contributed by atoms with E-state index in [1.54, 1.807) is 30.5 Å². The molecule has 2 aromatic heterocycles. The number of carbonyl (C=O) groups is 4. The average Bonchev–Trinajstić information content (AvgIpc) is 2.33. The van der Waals surface area contributed by atoms with Gasteiger partial charge in [0.15, 0.2) is 9.84 Å². The Morgan fingerprint density at radius 2 is 1.00 bits per heavy atom. The molecule has 84 heavy (non-hydrogen) atoms. The largest absolute Gasteiger partial charge is 0.480 e. The number of carbonyl (C=O) groups excluding carboxylic acids is 2. The van der Waals surface area contributed by atoms with Gasteiger partial charge in [-0.15, -0.1) is 0 Å². The number of aromatic amines is 2. The molecule has 0 spiro atoms. The predicted molar refractivity (Wildman–Crippen MR) is 321 cm³/mol. The molecule has 9 N–H and O–H groups in total. The number of guanidine groups is 1. The van der Waals surface area contributed by atoms with E-state index in [4.69, 9.17) is 15.2 Å². The maximum atomic E-state index is 12.7. The van der Waals surface area contributed by atoms with Gasteiger partial charge in [0.1, 0.15) is 30.3 Å². The number of hydrogen-bond donors (Lipinski definition) is 8. The summed E-state index contributed by atoms with van der Waals surface area (Å²) >= 11 is 0. The number of ether oxygens (including phenoxy) is 2. The van der Waals surface area contributed by atoms with E-state index in [1.807, 2.05) is 140 Å². The van der Waals surface area contributed by atoms with E-state index in [9.17, 15) is 46.2 Å². The third-order valence-electron chi connectivity index (χ3n) is 14.3. The third kappa shape index (κ3) is 14.3. The molecule has 2 heterocycles. The molecule has 2 atom stereocenters. The van der Waals surface area contributed by atoms with Gasteiger partial charge in [0.25, 0.3) is 0 Å². The maximum absolute atomic E-state index is 12.7. The number of benzene rings is 7. The highest BCUT2D eigenvalue weighted by Gasteiger charge is 2.33. The lowest BCUT2D eigenvalue weighted by molar-refractivity contribution is -0.140. The summed E-state index contributed by atoms with van der Waals surface area (Å²) < 4.78 is 59.4. The van der Waals surface area contributed by atoms with Crippen LogP contribution in [0.1, 0.15) is 50.8 Å². The Labute approximate surface area is 484 Å². The number of carboxylic acid groups (broad SMARTS) is 2. The summed E-state index contributed by atoms with van der Waals surface area (Å²) in [4.78, 5) is 58.9. The van der Waals surface area contributed by atoms with Crippen molar-refractivity contribution in [2.45, 2.75) is 48.2 Å². The standard InChI is InChI=1S/C27H24N2O6S.C26H22N2O4.C10H15N3O2S/c1-36(33,34)25-21(20-12-6-7-13-23(20)28-25)14-24(26(30)31)29-27(32)35-15-22-18-10-4-2-8-16(18)17-9-3-5-11-19(17)22;29-25(30)24(13-16-14-27-23-12-6-5-7-17(16)23)28-26(31)32-15-22-20-10-3-1-8-18(20)19-9-2-4-11-21(19)22;1-16(14,15)13-10(11)12-8-7-9-5-3-2-4-6-9/h2-13,22,24,28H,14-15H2,1H3,(H,29,32)(H,30,31);1-12,14,22,24,27H,13,15H2,(H,28,31)(H,29,30);2-6H,7-8H2,1H3,(H3,11,12,13). The molecule has 0 aliphatic heterocycles. The molecule has 11 rings (SSSR count). The molecule has 0 bridgehead atoms. The molecule has 2 unspecified atom stereocenters. The molecule has 7 aromatic carbocycles. The second-order valence-corrected chi connectivity index (χ2v) is 23.8. The van der Waals surface area contributed by atoms with E-state index in [0.29, 0.717) is 23.0 Å². The first-order valence-corrected chi connectivity index (χ1v) is 30.5. The summed E-state index contributed by atoms with van der Waals surface area (Å²) in [5, 5.41) is 25.8. The Morgan fingerprint density at radius 3 is 1.48 bits per heavy atom. The van der Waals surface area contributed by atoms with E-state index in [-0.39, 0.29) is 48.9 Å². The van der Waals surface area contributed by atoms with Gasteiger partial charge in [-0.2, -0.15) is 0 Å². The molecule has 0 saturated carbocycles. The number of H-pyrrole nitrogens is 2. The van der Waals surface area contributed by atoms with Crippen LogP contribution in [0.15, 0.2) is 192 Å². The molecule has 2 amide bonds. The van der Waals surface area contributed by atoms with Crippen LogP contribution in [0, 0.1) is 0 Å². The smallest absolute Gasteiger partial charge is 0.407 e. The summed E-state index contributed by atoms with van der Waals surface area (Å²) in [6, 6.07) is 53.8. The van der Waals surface area contributed by atoms with Gasteiger partial charge >= 0.3 is 24.1 Å². The first kappa shape index (κ1) is 58.9. The van der Waals surface area contributed by atoms with Crippen molar-refractivity contribution in [1.82, 2.24) is 25.3 Å². The van der Waals surface area contributed by atoms with Gasteiger partial charge in [-0.25, -0.2) is 36.0 Å². The molecule has 2 aliphatic rings. The number of hydrogen-bond acceptors (Lipinski definition) is 11. The fourth-order valence-electron chi connectivity index (χ4n) is 10.6. The number of nitrogens with two attached hydrogens (primary N) is 1. The number of amides is 2. The molecule has 432 valence electrons. The number of alkyl carbamates (subject to hydrolysis) is 2. The van der Waals surface area contributed by atoms with Crippen LogP contribution in [-0.2, 0) is 58.2 Å². The van der Waals surface area contributed by atoms with Crippen LogP contribution in [0.4, 0.5) is 9.59 Å². The van der Waals surface area contributed by atoms with Crippen molar-refractivity contribution in [2.24, 2.45) is 10.7 Å². The zero-order chi connectivity index (χ0) is 59.5. The molecule has 0 saturated heterocycles. The lowest BCUT2D eigenvalue weighted by atomic mass is 9.98. The quantitative estimate of drug-likeness (QED) is 0.0312. The van der Waals surface area contributed by atoms with Crippen LogP contribution in [0.2, 0.25) is 0 Å². The number of carboxylic acids is 2. The van der Waals surface area contributed by atoms with Crippen molar-refractivity contribution >= 4 is 71.8 Å². The zero-order valence-electron chi connectivity index (χ0n) is 45.7. The highest BCUT2D eigenvalue weighted by molar-refractivity contribution is 7.90. The summed E-state index contributed by atoms with van der Waals surface area (Å²) in [6.45, 7) is 0.630. The molecule has 19 nitrogen and oxygen atoms in total. The van der Waals surface area contributed by atoms with Crippen LogP contribution < -0.4 is 21.1 Å². The molecule has 0 radical (unpaired) electrons. The highest BCUT2D eigenvalue weighted by atomic mass is 32.2. The summed E-state index contributed by atoms with van der Waals surface area (Å²) in [5.41, 5.74) is 17.9. The zero-order valence-corrected chi connectivity index (χ0v) is 47.3. The van der Waals surface area contributed by atoms with E-state index in [2.05, 4.69) is 42.4 Å². The molecule has 9 aromatic rings. The van der Waals surface area contributed by atoms with E-state index in [1.165, 1.54) is 0 Å². The number of nitrogens with one attached hydrogen (secondary N) is 5. The Morgan fingerprint density at radius 1 is 0.571 bits per heavy atom. The number of aromatic nitrogens is 2. The second-order valence-electron chi connectivity index (χ2n) is 20.1.